The first-order chi connectivity index (χ1) is 29.1. The van der Waals surface area contributed by atoms with E-state index in [1.165, 1.54) is 11.0 Å². The quantitative estimate of drug-likeness (QED) is 0.269. The number of piperazine rings is 1. The summed E-state index contributed by atoms with van der Waals surface area (Å²) in [5.74, 6) is 0.577. The molecule has 1 atom stereocenters. The number of carbonyl (C=O) groups excluding carboxylic acids is 4. The molecule has 0 aliphatic carbocycles. The minimum atomic E-state index is -0.809. The third kappa shape index (κ3) is 7.82. The Bertz CT molecular complexity index is 2160. The summed E-state index contributed by atoms with van der Waals surface area (Å²) in [5, 5.41) is 13.7. The fraction of sp³-hybridized carbons (Fsp3) is 0.525. The number of nitrogens with zero attached hydrogens (tertiary/aromatic N) is 10. The molecule has 2 aromatic carbocycles. The molecule has 5 saturated heterocycles. The molecular weight excluding hydrogens is 778 g/mol. The lowest BCUT2D eigenvalue weighted by Crippen LogP contribution is -2.49. The Balaban J connectivity index is 0.779. The van der Waals surface area contributed by atoms with Gasteiger partial charge in [0.05, 0.1) is 23.1 Å². The molecule has 9 rings (SSSR count). The Hall–Kier alpha value is -6.18. The molecule has 0 radical (unpaired) electrons. The van der Waals surface area contributed by atoms with Crippen LogP contribution in [0.25, 0.3) is 0 Å². The number of fused-ring (bicyclic) bond motifs is 1. The van der Waals surface area contributed by atoms with Gasteiger partial charge in [0.15, 0.2) is 23.0 Å². The number of piperidine rings is 2. The fourth-order valence-corrected chi connectivity index (χ4v) is 9.20. The summed E-state index contributed by atoms with van der Waals surface area (Å²) in [7, 11) is 1.80. The van der Waals surface area contributed by atoms with Crippen LogP contribution in [0.5, 0.6) is 11.5 Å². The minimum absolute atomic E-state index is 0.00636. The van der Waals surface area contributed by atoms with E-state index in [0.29, 0.717) is 79.7 Å². The molecule has 60 heavy (non-hydrogen) atoms. The van der Waals surface area contributed by atoms with Crippen LogP contribution in [0.15, 0.2) is 30.3 Å². The first-order valence-electron chi connectivity index (χ1n) is 20.7. The van der Waals surface area contributed by atoms with E-state index in [1.807, 2.05) is 21.9 Å². The number of ether oxygens (including phenoxy) is 2. The number of primary amides is 1. The van der Waals surface area contributed by atoms with Gasteiger partial charge >= 0.3 is 12.1 Å². The highest BCUT2D eigenvalue weighted by atomic mass is 19.1. The number of hydrogen-bond acceptors (Lipinski definition) is 14. The number of likely N-dealkylation sites (N-methyl/N-ethyl adjacent to an activating group) is 1. The standard InChI is InChI=1S/C40H50FN13O6/c1-48-15-20-53(40(48)58)27-3-2-11-52(23-27)38-45-37(33(36(42)56)46-47-38)43-26-4-5-29(28(41)21-26)51-18-16-49(17-19-51)22-25-8-12-50(13-9-25)30-6-7-31(35-34(30)59-24-60-35)54-14-10-32(55)44-39(54)57/h4-7,21,25,27H,2-3,8-20,22-24H2,1H3,(H2,42,56)(H,43,45,47)(H,44,55,57)/t27-/m1/s1. The highest BCUT2D eigenvalue weighted by molar-refractivity contribution is 6.06. The van der Waals surface area contributed by atoms with Crippen molar-refractivity contribution in [3.05, 3.63) is 41.8 Å². The summed E-state index contributed by atoms with van der Waals surface area (Å²) < 4.78 is 27.5. The lowest BCUT2D eigenvalue weighted by Gasteiger charge is -2.40. The second kappa shape index (κ2) is 16.5. The Morgan fingerprint density at radius 1 is 0.867 bits per heavy atom. The van der Waals surface area contributed by atoms with Crippen molar-refractivity contribution in [1.29, 1.82) is 0 Å². The predicted octanol–water partition coefficient (Wildman–Crippen LogP) is 2.40. The average molecular weight is 828 g/mol. The molecule has 0 saturated carbocycles. The van der Waals surface area contributed by atoms with E-state index in [4.69, 9.17) is 15.2 Å². The fourth-order valence-electron chi connectivity index (χ4n) is 9.20. The second-order valence-corrected chi connectivity index (χ2v) is 16.2. The molecule has 0 bridgehead atoms. The maximum Gasteiger partial charge on any atom is 0.328 e. The smallest absolute Gasteiger partial charge is 0.328 e. The molecule has 5 fully saturated rings. The van der Waals surface area contributed by atoms with Gasteiger partial charge in [-0.3, -0.25) is 24.7 Å². The van der Waals surface area contributed by atoms with E-state index in [1.54, 1.807) is 24.1 Å². The van der Waals surface area contributed by atoms with Crippen LogP contribution in [-0.4, -0.2) is 152 Å². The molecule has 4 N–H and O–H groups in total. The molecule has 1 aromatic heterocycles. The van der Waals surface area contributed by atoms with Gasteiger partial charge in [0.1, 0.15) is 5.82 Å². The lowest BCUT2D eigenvalue weighted by molar-refractivity contribution is -0.120. The Labute approximate surface area is 346 Å². The topological polar surface area (TPSA) is 198 Å². The number of nitrogens with one attached hydrogen (secondary N) is 2. The van der Waals surface area contributed by atoms with Crippen molar-refractivity contribution in [2.45, 2.75) is 38.1 Å². The molecule has 19 nitrogen and oxygen atoms in total. The molecule has 6 amide bonds. The Kier molecular flexibility index (Phi) is 10.8. The van der Waals surface area contributed by atoms with Crippen molar-refractivity contribution < 1.29 is 33.0 Å². The lowest BCUT2D eigenvalue weighted by atomic mass is 9.95. The van der Waals surface area contributed by atoms with Gasteiger partial charge < -0.3 is 45.0 Å². The second-order valence-electron chi connectivity index (χ2n) is 16.2. The van der Waals surface area contributed by atoms with Gasteiger partial charge in [-0.2, -0.15) is 4.98 Å². The van der Waals surface area contributed by atoms with Crippen LogP contribution in [0, 0.1) is 11.7 Å². The summed E-state index contributed by atoms with van der Waals surface area (Å²) in [5.41, 5.74) is 7.92. The van der Waals surface area contributed by atoms with Gasteiger partial charge in [0.25, 0.3) is 5.91 Å². The molecular formula is C40H50FN13O6. The summed E-state index contributed by atoms with van der Waals surface area (Å²) in [4.78, 5) is 67.7. The third-order valence-electron chi connectivity index (χ3n) is 12.5. The first kappa shape index (κ1) is 39.3. The van der Waals surface area contributed by atoms with Crippen LogP contribution < -0.4 is 45.4 Å². The summed E-state index contributed by atoms with van der Waals surface area (Å²) in [6, 6.07) is 8.28. The molecule has 20 heteroatoms. The largest absolute Gasteiger partial charge is 0.451 e. The van der Waals surface area contributed by atoms with E-state index in [2.05, 4.69) is 40.5 Å². The monoisotopic (exact) mass is 827 g/mol. The maximum absolute atomic E-state index is 15.8. The minimum Gasteiger partial charge on any atom is -0.451 e. The van der Waals surface area contributed by atoms with Crippen molar-refractivity contribution in [3.8, 4) is 11.5 Å². The SMILES string of the molecule is CN1CCN([C@@H]2CCCN(c3nnc(C(N)=O)c(Nc4ccc(N5CCN(CC6CCN(c7ccc(N8CCC(=O)NC8=O)c8c7OCO8)CC6)CC5)c(F)c4)n3)C2)C1=O. The van der Waals surface area contributed by atoms with Gasteiger partial charge in [0, 0.05) is 97.7 Å². The zero-order chi connectivity index (χ0) is 41.5. The van der Waals surface area contributed by atoms with E-state index in [0.717, 1.165) is 64.1 Å². The van der Waals surface area contributed by atoms with Crippen LogP contribution in [0.4, 0.5) is 48.5 Å². The zero-order valence-corrected chi connectivity index (χ0v) is 33.6. The van der Waals surface area contributed by atoms with E-state index in [9.17, 15) is 19.2 Å². The van der Waals surface area contributed by atoms with Gasteiger partial charge in [-0.1, -0.05) is 0 Å². The highest BCUT2D eigenvalue weighted by Crippen LogP contribution is 2.48. The number of carbonyl (C=O) groups is 4. The molecule has 6 aliphatic heterocycles. The Morgan fingerprint density at radius 3 is 2.32 bits per heavy atom. The number of halogens is 1. The Morgan fingerprint density at radius 2 is 1.60 bits per heavy atom. The van der Waals surface area contributed by atoms with Crippen LogP contribution in [0.3, 0.4) is 0 Å². The van der Waals surface area contributed by atoms with E-state index >= 15 is 4.39 Å². The molecule has 7 heterocycles. The summed E-state index contributed by atoms with van der Waals surface area (Å²) in [6.07, 6.45) is 3.95. The van der Waals surface area contributed by atoms with Gasteiger partial charge in [0.2, 0.25) is 18.6 Å². The van der Waals surface area contributed by atoms with Crippen LogP contribution in [0.1, 0.15) is 42.6 Å². The number of benzene rings is 2. The summed E-state index contributed by atoms with van der Waals surface area (Å²) in [6.45, 7) is 8.58. The summed E-state index contributed by atoms with van der Waals surface area (Å²) >= 11 is 0. The maximum atomic E-state index is 15.8. The van der Waals surface area contributed by atoms with E-state index < -0.39 is 17.8 Å². The van der Waals surface area contributed by atoms with E-state index in [-0.39, 0.29) is 49.3 Å². The van der Waals surface area contributed by atoms with Crippen LogP contribution in [0.2, 0.25) is 0 Å². The first-order valence-corrected chi connectivity index (χ1v) is 20.7. The molecule has 318 valence electrons. The number of urea groups is 2. The van der Waals surface area contributed by atoms with Crippen molar-refractivity contribution in [3.63, 3.8) is 0 Å². The number of imide groups is 1. The zero-order valence-electron chi connectivity index (χ0n) is 33.6. The normalized spacial score (nSPS) is 21.6. The van der Waals surface area contributed by atoms with Crippen molar-refractivity contribution >= 4 is 58.4 Å². The van der Waals surface area contributed by atoms with Gasteiger partial charge in [-0.25, -0.2) is 14.0 Å². The van der Waals surface area contributed by atoms with Crippen molar-refractivity contribution in [1.82, 2.24) is 35.2 Å². The van der Waals surface area contributed by atoms with Crippen LogP contribution >= 0.6 is 0 Å². The number of amides is 6. The third-order valence-corrected chi connectivity index (χ3v) is 12.5. The average Bonchev–Trinajstić information content (AvgIpc) is 3.88. The molecule has 0 spiro atoms. The number of anilines is 6. The molecule has 0 unspecified atom stereocenters. The van der Waals surface area contributed by atoms with Crippen molar-refractivity contribution in [2.24, 2.45) is 11.7 Å². The highest BCUT2D eigenvalue weighted by Gasteiger charge is 2.36. The number of rotatable bonds is 10. The predicted molar refractivity (Wildman–Crippen MR) is 220 cm³/mol. The molecule has 6 aliphatic rings. The van der Waals surface area contributed by atoms with Crippen LogP contribution in [-0.2, 0) is 4.79 Å². The number of aromatic nitrogens is 3. The van der Waals surface area contributed by atoms with Crippen molar-refractivity contribution in [2.75, 3.05) is 117 Å². The molecule has 3 aromatic rings. The van der Waals surface area contributed by atoms with Gasteiger partial charge in [-0.05, 0) is 61.9 Å². The van der Waals surface area contributed by atoms with Gasteiger partial charge in [-0.15, -0.1) is 10.2 Å². The number of hydrogen-bond donors (Lipinski definition) is 3. The number of nitrogens with two attached hydrogens (primary N) is 1.